The van der Waals surface area contributed by atoms with Crippen molar-refractivity contribution in [1.82, 2.24) is 0 Å². The third-order valence-electron chi connectivity index (χ3n) is 2.61. The molecule has 1 saturated heterocycles. The number of ether oxygens (including phenoxy) is 2. The second-order valence-corrected chi connectivity index (χ2v) is 3.50. The number of rotatable bonds is 3. The van der Waals surface area contributed by atoms with Crippen LogP contribution in [0.25, 0.3) is 0 Å². The molecule has 0 atom stereocenters. The third-order valence-corrected chi connectivity index (χ3v) is 2.61. The first-order chi connectivity index (χ1) is 6.80. The molecular formula is C11H12O3. The van der Waals surface area contributed by atoms with Crippen LogP contribution in [0.1, 0.15) is 5.56 Å². The molecule has 2 rings (SSSR count). The summed E-state index contributed by atoms with van der Waals surface area (Å²) in [6.07, 6.45) is 0.971. The Kier molecular flexibility index (Phi) is 2.25. The van der Waals surface area contributed by atoms with E-state index in [0.717, 1.165) is 17.6 Å². The van der Waals surface area contributed by atoms with Gasteiger partial charge in [0, 0.05) is 0 Å². The number of carbonyl (C=O) groups is 1. The highest BCUT2D eigenvalue weighted by atomic mass is 16.5. The molecule has 0 N–H and O–H groups in total. The van der Waals surface area contributed by atoms with E-state index in [9.17, 15) is 4.79 Å². The lowest BCUT2D eigenvalue weighted by Crippen LogP contribution is -2.48. The van der Waals surface area contributed by atoms with Gasteiger partial charge in [-0.25, -0.2) is 0 Å². The quantitative estimate of drug-likeness (QED) is 0.674. The molecular weight excluding hydrogens is 180 g/mol. The van der Waals surface area contributed by atoms with Crippen molar-refractivity contribution < 1.29 is 14.3 Å². The van der Waals surface area contributed by atoms with Gasteiger partial charge in [-0.2, -0.15) is 0 Å². The Labute approximate surface area is 82.6 Å². The van der Waals surface area contributed by atoms with Gasteiger partial charge >= 0.3 is 0 Å². The maximum Gasteiger partial charge on any atom is 0.135 e. The standard InChI is InChI=1S/C11H12O3/c1-13-10-4-2-9(3-5-10)11(6-12)7-14-8-11/h2-6H,7-8H2,1H3. The number of benzene rings is 1. The monoisotopic (exact) mass is 192 g/mol. The molecule has 3 nitrogen and oxygen atoms in total. The molecule has 1 aromatic carbocycles. The van der Waals surface area contributed by atoms with Gasteiger partial charge in [0.2, 0.25) is 0 Å². The molecule has 0 aliphatic carbocycles. The maximum absolute atomic E-state index is 11.0. The summed E-state index contributed by atoms with van der Waals surface area (Å²) < 4.78 is 10.1. The Bertz CT molecular complexity index is 325. The van der Waals surface area contributed by atoms with Gasteiger partial charge in [0.25, 0.3) is 0 Å². The average Bonchev–Trinajstić information content (AvgIpc) is 2.18. The normalized spacial score (nSPS) is 18.4. The molecule has 3 heteroatoms. The molecule has 1 heterocycles. The summed E-state index contributed by atoms with van der Waals surface area (Å²) in [6, 6.07) is 7.54. The molecule has 0 amide bonds. The molecule has 0 spiro atoms. The van der Waals surface area contributed by atoms with Crippen molar-refractivity contribution in [2.24, 2.45) is 0 Å². The van der Waals surface area contributed by atoms with Crippen molar-refractivity contribution in [2.75, 3.05) is 20.3 Å². The Morgan fingerprint density at radius 2 is 2.00 bits per heavy atom. The molecule has 0 saturated carbocycles. The minimum absolute atomic E-state index is 0.410. The van der Waals surface area contributed by atoms with Crippen molar-refractivity contribution in [3.05, 3.63) is 29.8 Å². The van der Waals surface area contributed by atoms with Crippen molar-refractivity contribution in [3.8, 4) is 5.75 Å². The highest BCUT2D eigenvalue weighted by molar-refractivity contribution is 5.70. The van der Waals surface area contributed by atoms with Crippen LogP contribution in [0.4, 0.5) is 0 Å². The van der Waals surface area contributed by atoms with E-state index in [-0.39, 0.29) is 0 Å². The van der Waals surface area contributed by atoms with Crippen LogP contribution in [0, 0.1) is 0 Å². The van der Waals surface area contributed by atoms with Crippen LogP contribution in [-0.2, 0) is 14.9 Å². The van der Waals surface area contributed by atoms with E-state index in [1.165, 1.54) is 0 Å². The number of methoxy groups -OCH3 is 1. The molecule has 1 fully saturated rings. The van der Waals surface area contributed by atoms with Gasteiger partial charge in [0.15, 0.2) is 0 Å². The highest BCUT2D eigenvalue weighted by Gasteiger charge is 2.40. The minimum atomic E-state index is -0.410. The van der Waals surface area contributed by atoms with Crippen LogP contribution in [-0.4, -0.2) is 26.6 Å². The van der Waals surface area contributed by atoms with Crippen molar-refractivity contribution >= 4 is 6.29 Å². The van der Waals surface area contributed by atoms with Crippen LogP contribution in [0.15, 0.2) is 24.3 Å². The van der Waals surface area contributed by atoms with Crippen LogP contribution in [0.5, 0.6) is 5.75 Å². The predicted octanol–water partition coefficient (Wildman–Crippen LogP) is 1.16. The number of hydrogen-bond donors (Lipinski definition) is 0. The Hall–Kier alpha value is -1.35. The summed E-state index contributed by atoms with van der Waals surface area (Å²) in [5.74, 6) is 0.801. The molecule has 14 heavy (non-hydrogen) atoms. The second-order valence-electron chi connectivity index (χ2n) is 3.50. The van der Waals surface area contributed by atoms with E-state index in [2.05, 4.69) is 0 Å². The summed E-state index contributed by atoms with van der Waals surface area (Å²) in [5.41, 5.74) is 0.589. The lowest BCUT2D eigenvalue weighted by molar-refractivity contribution is -0.129. The van der Waals surface area contributed by atoms with E-state index in [1.807, 2.05) is 24.3 Å². The van der Waals surface area contributed by atoms with E-state index < -0.39 is 5.41 Å². The number of hydrogen-bond acceptors (Lipinski definition) is 3. The van der Waals surface area contributed by atoms with Crippen molar-refractivity contribution in [1.29, 1.82) is 0 Å². The lowest BCUT2D eigenvalue weighted by atomic mass is 9.80. The third kappa shape index (κ3) is 1.30. The van der Waals surface area contributed by atoms with E-state index in [1.54, 1.807) is 7.11 Å². The Balaban J connectivity index is 2.27. The summed E-state index contributed by atoms with van der Waals surface area (Å²) in [7, 11) is 1.62. The van der Waals surface area contributed by atoms with E-state index in [4.69, 9.17) is 9.47 Å². The Morgan fingerprint density at radius 1 is 1.36 bits per heavy atom. The molecule has 0 aromatic heterocycles. The average molecular weight is 192 g/mol. The largest absolute Gasteiger partial charge is 0.497 e. The highest BCUT2D eigenvalue weighted by Crippen LogP contribution is 2.31. The molecule has 1 aliphatic rings. The first-order valence-electron chi connectivity index (χ1n) is 4.49. The van der Waals surface area contributed by atoms with Crippen molar-refractivity contribution in [3.63, 3.8) is 0 Å². The first-order valence-corrected chi connectivity index (χ1v) is 4.49. The zero-order valence-electron chi connectivity index (χ0n) is 8.03. The summed E-state index contributed by atoms with van der Waals surface area (Å²) in [6.45, 7) is 0.978. The van der Waals surface area contributed by atoms with Gasteiger partial charge < -0.3 is 14.3 Å². The zero-order chi connectivity index (χ0) is 10.0. The molecule has 0 radical (unpaired) electrons. The van der Waals surface area contributed by atoms with Gasteiger partial charge in [-0.15, -0.1) is 0 Å². The first kappa shape index (κ1) is 9.21. The molecule has 0 unspecified atom stereocenters. The minimum Gasteiger partial charge on any atom is -0.497 e. The molecule has 0 bridgehead atoms. The van der Waals surface area contributed by atoms with Gasteiger partial charge in [-0.1, -0.05) is 12.1 Å². The van der Waals surface area contributed by atoms with Crippen LogP contribution in [0.3, 0.4) is 0 Å². The summed E-state index contributed by atoms with van der Waals surface area (Å²) in [5, 5.41) is 0. The summed E-state index contributed by atoms with van der Waals surface area (Å²) >= 11 is 0. The van der Waals surface area contributed by atoms with Gasteiger partial charge in [-0.3, -0.25) is 0 Å². The Morgan fingerprint density at radius 3 is 2.36 bits per heavy atom. The topological polar surface area (TPSA) is 35.5 Å². The lowest BCUT2D eigenvalue weighted by Gasteiger charge is -2.36. The van der Waals surface area contributed by atoms with Crippen LogP contribution in [0.2, 0.25) is 0 Å². The van der Waals surface area contributed by atoms with Crippen LogP contribution >= 0.6 is 0 Å². The summed E-state index contributed by atoms with van der Waals surface area (Å²) in [4.78, 5) is 11.0. The van der Waals surface area contributed by atoms with Gasteiger partial charge in [0.1, 0.15) is 12.0 Å². The van der Waals surface area contributed by atoms with Crippen LogP contribution < -0.4 is 4.74 Å². The fraction of sp³-hybridized carbons (Fsp3) is 0.364. The SMILES string of the molecule is COc1ccc(C2(C=O)COC2)cc1. The van der Waals surface area contributed by atoms with Crippen molar-refractivity contribution in [2.45, 2.75) is 5.41 Å². The van der Waals surface area contributed by atoms with Gasteiger partial charge in [-0.05, 0) is 17.7 Å². The predicted molar refractivity (Wildman–Crippen MR) is 51.6 cm³/mol. The molecule has 1 aliphatic heterocycles. The zero-order valence-corrected chi connectivity index (χ0v) is 8.03. The maximum atomic E-state index is 11.0. The number of aldehydes is 1. The fourth-order valence-corrected chi connectivity index (χ4v) is 1.55. The van der Waals surface area contributed by atoms with E-state index >= 15 is 0 Å². The smallest absolute Gasteiger partial charge is 0.135 e. The second kappa shape index (κ2) is 3.42. The number of carbonyl (C=O) groups excluding carboxylic acids is 1. The molecule has 74 valence electrons. The van der Waals surface area contributed by atoms with Gasteiger partial charge in [0.05, 0.1) is 25.7 Å². The fourth-order valence-electron chi connectivity index (χ4n) is 1.55. The van der Waals surface area contributed by atoms with E-state index in [0.29, 0.717) is 13.2 Å². The molecule has 1 aromatic rings.